The lowest BCUT2D eigenvalue weighted by Gasteiger charge is -2.38. The van der Waals surface area contributed by atoms with Crippen molar-refractivity contribution < 1.29 is 14.6 Å². The number of nitrogens with zero attached hydrogens (tertiary/aromatic N) is 2. The number of hydrogen-bond acceptors (Lipinski definition) is 5. The van der Waals surface area contributed by atoms with Gasteiger partial charge in [0.05, 0.1) is 18.4 Å². The van der Waals surface area contributed by atoms with Gasteiger partial charge in [0.2, 0.25) is 0 Å². The fourth-order valence-electron chi connectivity index (χ4n) is 4.86. The van der Waals surface area contributed by atoms with Crippen molar-refractivity contribution in [3.8, 4) is 11.5 Å². The van der Waals surface area contributed by atoms with Gasteiger partial charge in [0, 0.05) is 37.0 Å². The zero-order valence-electron chi connectivity index (χ0n) is 19.0. The number of aliphatic hydroxyl groups is 1. The fourth-order valence-corrected chi connectivity index (χ4v) is 4.86. The number of aromatic nitrogens is 1. The second-order valence-electron chi connectivity index (χ2n) is 8.79. The standard InChI is InChI=1S/C28H30N2O3/c1-32-22-11-12-27-25(19-22)23(24-9-5-15-29-26(24)20-33-27)10-6-16-30-17-13-28(31,14-18-30)21-7-3-2-4-8-21/h2-5,7-12,15,19,31H,6,13-14,16-18,20H2,1H3/b23-10+. The van der Waals surface area contributed by atoms with Gasteiger partial charge in [0.25, 0.3) is 0 Å². The number of methoxy groups -OCH3 is 1. The van der Waals surface area contributed by atoms with Gasteiger partial charge in [-0.25, -0.2) is 0 Å². The van der Waals surface area contributed by atoms with Crippen LogP contribution in [0.1, 0.15) is 41.6 Å². The molecule has 0 saturated carbocycles. The summed E-state index contributed by atoms with van der Waals surface area (Å²) in [5, 5.41) is 11.1. The smallest absolute Gasteiger partial charge is 0.131 e. The number of likely N-dealkylation sites (tertiary alicyclic amines) is 1. The SMILES string of the molecule is COc1ccc2c(c1)/C(=C/CCN1CCC(O)(c3ccccc3)CC1)c1cccnc1CO2. The summed E-state index contributed by atoms with van der Waals surface area (Å²) in [5.74, 6) is 1.66. The Morgan fingerprint density at radius 2 is 1.88 bits per heavy atom. The third kappa shape index (κ3) is 4.52. The lowest BCUT2D eigenvalue weighted by Crippen LogP contribution is -2.42. The van der Waals surface area contributed by atoms with Gasteiger partial charge in [-0.15, -0.1) is 0 Å². The number of piperidine rings is 1. The molecule has 1 saturated heterocycles. The molecule has 0 aliphatic carbocycles. The van der Waals surface area contributed by atoms with Crippen molar-refractivity contribution in [2.45, 2.75) is 31.5 Å². The summed E-state index contributed by atoms with van der Waals surface area (Å²) in [7, 11) is 1.69. The maximum atomic E-state index is 11.1. The van der Waals surface area contributed by atoms with Crippen LogP contribution in [0.4, 0.5) is 0 Å². The molecule has 1 N–H and O–H groups in total. The highest BCUT2D eigenvalue weighted by Gasteiger charge is 2.33. The minimum absolute atomic E-state index is 0.455. The summed E-state index contributed by atoms with van der Waals surface area (Å²) in [6.45, 7) is 3.18. The van der Waals surface area contributed by atoms with Crippen LogP contribution in [-0.2, 0) is 12.2 Å². The summed E-state index contributed by atoms with van der Waals surface area (Å²) < 4.78 is 11.6. The maximum absolute atomic E-state index is 11.1. The zero-order chi connectivity index (χ0) is 22.7. The van der Waals surface area contributed by atoms with Crippen LogP contribution in [0.3, 0.4) is 0 Å². The molecule has 1 fully saturated rings. The summed E-state index contributed by atoms with van der Waals surface area (Å²) in [6, 6.07) is 20.1. The van der Waals surface area contributed by atoms with E-state index < -0.39 is 5.60 Å². The molecule has 2 aliphatic rings. The number of ether oxygens (including phenoxy) is 2. The van der Waals surface area contributed by atoms with Gasteiger partial charge >= 0.3 is 0 Å². The molecule has 5 heteroatoms. The summed E-state index contributed by atoms with van der Waals surface area (Å²) >= 11 is 0. The second-order valence-corrected chi connectivity index (χ2v) is 8.79. The molecule has 170 valence electrons. The minimum Gasteiger partial charge on any atom is -0.497 e. The Labute approximate surface area is 195 Å². The van der Waals surface area contributed by atoms with E-state index in [2.05, 4.69) is 22.0 Å². The van der Waals surface area contributed by atoms with E-state index in [1.165, 1.54) is 0 Å². The van der Waals surface area contributed by atoms with Crippen molar-refractivity contribution in [1.29, 1.82) is 0 Å². The summed E-state index contributed by atoms with van der Waals surface area (Å²) in [4.78, 5) is 7.01. The molecule has 2 aromatic carbocycles. The first-order valence-electron chi connectivity index (χ1n) is 11.6. The molecule has 0 spiro atoms. The number of pyridine rings is 1. The molecular formula is C28H30N2O3. The first kappa shape index (κ1) is 21.7. The second kappa shape index (κ2) is 9.38. The topological polar surface area (TPSA) is 54.8 Å². The van der Waals surface area contributed by atoms with E-state index in [1.807, 2.05) is 60.8 Å². The van der Waals surface area contributed by atoms with Crippen molar-refractivity contribution in [2.75, 3.05) is 26.7 Å². The number of rotatable bonds is 5. The van der Waals surface area contributed by atoms with Gasteiger partial charge in [-0.05, 0) is 54.7 Å². The Balaban J connectivity index is 1.33. The predicted octanol–water partition coefficient (Wildman–Crippen LogP) is 4.79. The first-order chi connectivity index (χ1) is 16.2. The molecular weight excluding hydrogens is 412 g/mol. The third-order valence-electron chi connectivity index (χ3n) is 6.81. The van der Waals surface area contributed by atoms with Crippen LogP contribution in [0.15, 0.2) is 72.9 Å². The van der Waals surface area contributed by atoms with Crippen LogP contribution in [0.25, 0.3) is 5.57 Å². The highest BCUT2D eigenvalue weighted by Crippen LogP contribution is 2.38. The molecule has 0 unspecified atom stereocenters. The molecule has 0 amide bonds. The highest BCUT2D eigenvalue weighted by atomic mass is 16.5. The minimum atomic E-state index is -0.713. The molecule has 2 aliphatic heterocycles. The van der Waals surface area contributed by atoms with Gasteiger partial charge in [0.15, 0.2) is 0 Å². The predicted molar refractivity (Wildman–Crippen MR) is 129 cm³/mol. The Morgan fingerprint density at radius 1 is 1.06 bits per heavy atom. The molecule has 0 radical (unpaired) electrons. The van der Waals surface area contributed by atoms with Crippen molar-refractivity contribution in [2.24, 2.45) is 0 Å². The van der Waals surface area contributed by atoms with Crippen LogP contribution >= 0.6 is 0 Å². The molecule has 5 rings (SSSR count). The lowest BCUT2D eigenvalue weighted by molar-refractivity contribution is -0.0254. The van der Waals surface area contributed by atoms with E-state index in [4.69, 9.17) is 9.47 Å². The van der Waals surface area contributed by atoms with E-state index in [0.717, 1.165) is 78.4 Å². The molecule has 5 nitrogen and oxygen atoms in total. The van der Waals surface area contributed by atoms with E-state index in [9.17, 15) is 5.11 Å². The van der Waals surface area contributed by atoms with Crippen molar-refractivity contribution >= 4 is 5.57 Å². The van der Waals surface area contributed by atoms with E-state index in [0.29, 0.717) is 6.61 Å². The molecule has 0 bridgehead atoms. The fraction of sp³-hybridized carbons (Fsp3) is 0.321. The van der Waals surface area contributed by atoms with Crippen molar-refractivity contribution in [3.05, 3.63) is 95.3 Å². The van der Waals surface area contributed by atoms with Gasteiger partial charge in [-0.2, -0.15) is 0 Å². The van der Waals surface area contributed by atoms with Crippen LogP contribution < -0.4 is 9.47 Å². The number of fused-ring (bicyclic) bond motifs is 2. The van der Waals surface area contributed by atoms with E-state index in [-0.39, 0.29) is 0 Å². The van der Waals surface area contributed by atoms with Crippen molar-refractivity contribution in [3.63, 3.8) is 0 Å². The normalized spacial score (nSPS) is 18.7. The van der Waals surface area contributed by atoms with Crippen LogP contribution in [-0.4, -0.2) is 41.7 Å². The average Bonchev–Trinajstić information content (AvgIpc) is 3.02. The van der Waals surface area contributed by atoms with Crippen LogP contribution in [0.5, 0.6) is 11.5 Å². The monoisotopic (exact) mass is 442 g/mol. The molecule has 0 atom stereocenters. The van der Waals surface area contributed by atoms with Gasteiger partial charge < -0.3 is 19.5 Å². The van der Waals surface area contributed by atoms with Crippen molar-refractivity contribution in [1.82, 2.24) is 9.88 Å². The lowest BCUT2D eigenvalue weighted by atomic mass is 9.84. The largest absolute Gasteiger partial charge is 0.497 e. The highest BCUT2D eigenvalue weighted by molar-refractivity contribution is 5.85. The Morgan fingerprint density at radius 3 is 2.67 bits per heavy atom. The quantitative estimate of drug-likeness (QED) is 0.616. The summed E-state index contributed by atoms with van der Waals surface area (Å²) in [5.41, 5.74) is 4.56. The summed E-state index contributed by atoms with van der Waals surface area (Å²) in [6.07, 6.45) is 6.54. The van der Waals surface area contributed by atoms with Gasteiger partial charge in [-0.1, -0.05) is 42.5 Å². The maximum Gasteiger partial charge on any atom is 0.131 e. The molecule has 33 heavy (non-hydrogen) atoms. The number of hydrogen-bond donors (Lipinski definition) is 1. The van der Waals surface area contributed by atoms with Gasteiger partial charge in [-0.3, -0.25) is 4.98 Å². The van der Waals surface area contributed by atoms with Crippen LogP contribution in [0, 0.1) is 0 Å². The van der Waals surface area contributed by atoms with Gasteiger partial charge in [0.1, 0.15) is 18.1 Å². The molecule has 3 aromatic rings. The molecule has 3 heterocycles. The Hall–Kier alpha value is -3.15. The Kier molecular flexibility index (Phi) is 6.16. The molecule has 1 aromatic heterocycles. The number of benzene rings is 2. The average molecular weight is 443 g/mol. The first-order valence-corrected chi connectivity index (χ1v) is 11.6. The van der Waals surface area contributed by atoms with Crippen LogP contribution in [0.2, 0.25) is 0 Å². The van der Waals surface area contributed by atoms with E-state index in [1.54, 1.807) is 7.11 Å². The Bertz CT molecular complexity index is 1130. The zero-order valence-corrected chi connectivity index (χ0v) is 19.0. The third-order valence-corrected chi connectivity index (χ3v) is 6.81. The van der Waals surface area contributed by atoms with E-state index >= 15 is 0 Å².